The maximum absolute atomic E-state index is 9.97. The van der Waals surface area contributed by atoms with Crippen LogP contribution >= 0.6 is 0 Å². The number of benzene rings is 1. The molecule has 2 aromatic rings. The highest BCUT2D eigenvalue weighted by molar-refractivity contribution is 5.61. The summed E-state index contributed by atoms with van der Waals surface area (Å²) >= 11 is 0. The number of nitrogens with zero attached hydrogens (tertiary/aromatic N) is 3. The second-order valence-electron chi connectivity index (χ2n) is 7.52. The van der Waals surface area contributed by atoms with Crippen molar-refractivity contribution in [3.05, 3.63) is 30.6 Å². The lowest BCUT2D eigenvalue weighted by Gasteiger charge is -2.44. The van der Waals surface area contributed by atoms with Gasteiger partial charge in [-0.05, 0) is 69.8 Å². The number of phenolic OH excluding ortho intramolecular Hbond substituents is 1. The normalized spacial score (nSPS) is 23.6. The van der Waals surface area contributed by atoms with Gasteiger partial charge in [-0.2, -0.15) is 0 Å². The van der Waals surface area contributed by atoms with Crippen molar-refractivity contribution in [2.24, 2.45) is 5.92 Å². The zero-order valence-electron chi connectivity index (χ0n) is 15.6. The maximum Gasteiger partial charge on any atom is 0.161 e. The van der Waals surface area contributed by atoms with Gasteiger partial charge < -0.3 is 19.3 Å². The molecule has 5 nitrogen and oxygen atoms in total. The molecule has 0 aliphatic carbocycles. The Hall–Kier alpha value is -2.01. The number of rotatable bonds is 5. The van der Waals surface area contributed by atoms with E-state index >= 15 is 0 Å². The fraction of sp³-hybridized carbons (Fsp3) is 0.571. The van der Waals surface area contributed by atoms with Gasteiger partial charge in [0, 0.05) is 30.5 Å². The lowest BCUT2D eigenvalue weighted by atomic mass is 9.83. The first-order valence-corrected chi connectivity index (χ1v) is 9.97. The molecule has 2 aliphatic rings. The zero-order valence-corrected chi connectivity index (χ0v) is 15.6. The van der Waals surface area contributed by atoms with Gasteiger partial charge in [-0.1, -0.05) is 6.42 Å². The summed E-state index contributed by atoms with van der Waals surface area (Å²) in [5.74, 6) is 2.36. The number of imidazole rings is 1. The summed E-state index contributed by atoms with van der Waals surface area (Å²) in [4.78, 5) is 7.31. The number of ether oxygens (including phenoxy) is 1. The predicted molar refractivity (Wildman–Crippen MR) is 102 cm³/mol. The number of aromatic hydroxyl groups is 1. The molecule has 0 radical (unpaired) electrons. The van der Waals surface area contributed by atoms with Gasteiger partial charge >= 0.3 is 0 Å². The molecule has 2 aliphatic heterocycles. The van der Waals surface area contributed by atoms with E-state index in [1.54, 1.807) is 6.07 Å². The molecule has 0 unspecified atom stereocenters. The third kappa shape index (κ3) is 3.45. The van der Waals surface area contributed by atoms with Gasteiger partial charge in [0.15, 0.2) is 11.5 Å². The van der Waals surface area contributed by atoms with E-state index in [9.17, 15) is 5.11 Å². The second-order valence-corrected chi connectivity index (χ2v) is 7.52. The molecular formula is C21H29N3O2. The van der Waals surface area contributed by atoms with Crippen molar-refractivity contribution in [3.8, 4) is 22.9 Å². The van der Waals surface area contributed by atoms with Crippen LogP contribution in [0.3, 0.4) is 0 Å². The van der Waals surface area contributed by atoms with Crippen LogP contribution < -0.4 is 4.74 Å². The molecular weight excluding hydrogens is 326 g/mol. The monoisotopic (exact) mass is 355 g/mol. The summed E-state index contributed by atoms with van der Waals surface area (Å²) in [6, 6.07) is 6.24. The van der Waals surface area contributed by atoms with Gasteiger partial charge in [-0.3, -0.25) is 0 Å². The van der Waals surface area contributed by atoms with Gasteiger partial charge in [-0.15, -0.1) is 0 Å². The Morgan fingerprint density at radius 1 is 1.19 bits per heavy atom. The van der Waals surface area contributed by atoms with E-state index in [1.165, 1.54) is 45.2 Å². The Balaban J connectivity index is 1.56. The van der Waals surface area contributed by atoms with Crippen LogP contribution in [0.4, 0.5) is 0 Å². The lowest BCUT2D eigenvalue weighted by Crippen LogP contribution is -2.49. The minimum absolute atomic E-state index is 0.179. The molecule has 1 N–H and O–H groups in total. The third-order valence-electron chi connectivity index (χ3n) is 5.89. The van der Waals surface area contributed by atoms with Crippen molar-refractivity contribution in [2.45, 2.75) is 51.6 Å². The van der Waals surface area contributed by atoms with E-state index in [0.29, 0.717) is 18.3 Å². The molecule has 3 heterocycles. The summed E-state index contributed by atoms with van der Waals surface area (Å²) in [6.07, 6.45) is 10.6. The van der Waals surface area contributed by atoms with Gasteiger partial charge in [-0.25, -0.2) is 4.98 Å². The molecule has 2 atom stereocenters. The first-order valence-electron chi connectivity index (χ1n) is 9.97. The van der Waals surface area contributed by atoms with Crippen LogP contribution in [0.25, 0.3) is 11.4 Å². The number of hydrogen-bond acceptors (Lipinski definition) is 4. The standard InChI is InChI=1S/C21H29N3O2/c1-2-26-20-14-16(8-9-19(20)25)21-22-10-13-24(21)15-17-6-5-12-23-11-4-3-7-18(17)23/h8-10,13-14,17-18,25H,2-7,11-12,15H2,1H3/t17-,18+/m0/s1. The summed E-state index contributed by atoms with van der Waals surface area (Å²) in [6.45, 7) is 6.01. The van der Waals surface area contributed by atoms with Crippen molar-refractivity contribution in [2.75, 3.05) is 19.7 Å². The van der Waals surface area contributed by atoms with Gasteiger partial charge in [0.2, 0.25) is 0 Å². The zero-order chi connectivity index (χ0) is 17.9. The second kappa shape index (κ2) is 7.70. The first kappa shape index (κ1) is 17.4. The SMILES string of the molecule is CCOc1cc(-c2nccn2C[C@@H]2CCCN3CCCC[C@H]23)ccc1O. The van der Waals surface area contributed by atoms with Crippen molar-refractivity contribution in [1.29, 1.82) is 0 Å². The molecule has 0 amide bonds. The lowest BCUT2D eigenvalue weighted by molar-refractivity contribution is 0.0521. The topological polar surface area (TPSA) is 50.5 Å². The highest BCUT2D eigenvalue weighted by Crippen LogP contribution is 2.34. The summed E-state index contributed by atoms with van der Waals surface area (Å²) in [5, 5.41) is 9.97. The summed E-state index contributed by atoms with van der Waals surface area (Å²) < 4.78 is 7.82. The number of hydrogen-bond donors (Lipinski definition) is 1. The van der Waals surface area contributed by atoms with E-state index in [0.717, 1.165) is 24.0 Å². The van der Waals surface area contributed by atoms with Gasteiger partial charge in [0.25, 0.3) is 0 Å². The van der Waals surface area contributed by atoms with E-state index in [2.05, 4.69) is 20.6 Å². The number of aromatic nitrogens is 2. The Kier molecular flexibility index (Phi) is 5.16. The fourth-order valence-electron chi connectivity index (χ4n) is 4.68. The van der Waals surface area contributed by atoms with Crippen molar-refractivity contribution in [3.63, 3.8) is 0 Å². The van der Waals surface area contributed by atoms with Crippen LogP contribution in [-0.4, -0.2) is 45.3 Å². The van der Waals surface area contributed by atoms with Crippen molar-refractivity contribution >= 4 is 0 Å². The fourth-order valence-corrected chi connectivity index (χ4v) is 4.68. The molecule has 0 bridgehead atoms. The number of fused-ring (bicyclic) bond motifs is 1. The Morgan fingerprint density at radius 2 is 2.08 bits per heavy atom. The van der Waals surface area contributed by atoms with Crippen LogP contribution in [0.15, 0.2) is 30.6 Å². The molecule has 2 fully saturated rings. The molecule has 4 rings (SSSR count). The third-order valence-corrected chi connectivity index (χ3v) is 5.89. The highest BCUT2D eigenvalue weighted by atomic mass is 16.5. The minimum atomic E-state index is 0.179. The molecule has 140 valence electrons. The largest absolute Gasteiger partial charge is 0.504 e. The van der Waals surface area contributed by atoms with E-state index in [-0.39, 0.29) is 5.75 Å². The van der Waals surface area contributed by atoms with Crippen LogP contribution in [0.2, 0.25) is 0 Å². The van der Waals surface area contributed by atoms with Crippen LogP contribution in [0, 0.1) is 5.92 Å². The van der Waals surface area contributed by atoms with Crippen molar-refractivity contribution < 1.29 is 9.84 Å². The molecule has 26 heavy (non-hydrogen) atoms. The number of phenols is 1. The average Bonchev–Trinajstić information content (AvgIpc) is 3.12. The van der Waals surface area contributed by atoms with Crippen LogP contribution in [0.1, 0.15) is 39.0 Å². The molecule has 0 spiro atoms. The molecule has 1 aromatic heterocycles. The van der Waals surface area contributed by atoms with E-state index in [4.69, 9.17) is 4.74 Å². The molecule has 2 saturated heterocycles. The van der Waals surface area contributed by atoms with Crippen LogP contribution in [-0.2, 0) is 6.54 Å². The molecule has 5 heteroatoms. The number of piperidine rings is 2. The minimum Gasteiger partial charge on any atom is -0.504 e. The smallest absolute Gasteiger partial charge is 0.161 e. The molecule has 0 saturated carbocycles. The summed E-state index contributed by atoms with van der Waals surface area (Å²) in [7, 11) is 0. The Bertz CT molecular complexity index is 741. The summed E-state index contributed by atoms with van der Waals surface area (Å²) in [5.41, 5.74) is 0.993. The maximum atomic E-state index is 9.97. The Morgan fingerprint density at radius 3 is 2.96 bits per heavy atom. The van der Waals surface area contributed by atoms with Crippen LogP contribution in [0.5, 0.6) is 11.5 Å². The predicted octanol–water partition coefficient (Wildman–Crippen LogP) is 3.92. The molecule has 1 aromatic carbocycles. The average molecular weight is 355 g/mol. The van der Waals surface area contributed by atoms with Crippen molar-refractivity contribution in [1.82, 2.24) is 14.5 Å². The van der Waals surface area contributed by atoms with Gasteiger partial charge in [0.1, 0.15) is 5.82 Å². The van der Waals surface area contributed by atoms with E-state index in [1.807, 2.05) is 25.3 Å². The highest BCUT2D eigenvalue weighted by Gasteiger charge is 2.33. The Labute approximate surface area is 155 Å². The first-order chi connectivity index (χ1) is 12.8. The van der Waals surface area contributed by atoms with E-state index < -0.39 is 0 Å². The van der Waals surface area contributed by atoms with Gasteiger partial charge in [0.05, 0.1) is 6.61 Å². The quantitative estimate of drug-likeness (QED) is 0.883.